The zero-order chi connectivity index (χ0) is 16.8. The number of anilines is 2. The third-order valence-electron chi connectivity index (χ3n) is 4.20. The average molecular weight is 327 g/mol. The Labute approximate surface area is 143 Å². The Kier molecular flexibility index (Phi) is 5.59. The Balaban J connectivity index is 1.59. The van der Waals surface area contributed by atoms with E-state index in [0.29, 0.717) is 6.10 Å². The van der Waals surface area contributed by atoms with Crippen molar-refractivity contribution in [1.29, 1.82) is 0 Å². The maximum absolute atomic E-state index is 5.65. The lowest BCUT2D eigenvalue weighted by Crippen LogP contribution is -2.24. The van der Waals surface area contributed by atoms with Crippen molar-refractivity contribution >= 4 is 11.8 Å². The Morgan fingerprint density at radius 2 is 2.12 bits per heavy atom. The molecule has 0 radical (unpaired) electrons. The third kappa shape index (κ3) is 4.64. The molecule has 1 saturated heterocycles. The third-order valence-corrected chi connectivity index (χ3v) is 4.20. The van der Waals surface area contributed by atoms with E-state index in [1.165, 1.54) is 5.56 Å². The number of nitrogens with one attached hydrogen (secondary N) is 1. The second kappa shape index (κ2) is 8.06. The lowest BCUT2D eigenvalue weighted by molar-refractivity contribution is 0.120. The molecule has 0 saturated carbocycles. The van der Waals surface area contributed by atoms with Crippen molar-refractivity contribution in [2.75, 3.05) is 37.0 Å². The standard InChI is InChI=1S/C18H25N5O/c1-14-12-17(20-13-16-4-3-11-24-16)22-18(21-14)23(2)10-7-15-5-8-19-9-6-15/h5-6,8-9,12,16H,3-4,7,10-11,13H2,1-2H3,(H,20,21,22). The summed E-state index contributed by atoms with van der Waals surface area (Å²) in [6.07, 6.45) is 7.16. The number of pyridine rings is 1. The first-order valence-electron chi connectivity index (χ1n) is 8.52. The summed E-state index contributed by atoms with van der Waals surface area (Å²) in [5.41, 5.74) is 2.23. The number of hydrogen-bond donors (Lipinski definition) is 1. The van der Waals surface area contributed by atoms with Crippen molar-refractivity contribution in [2.24, 2.45) is 0 Å². The molecule has 1 fully saturated rings. The highest BCUT2D eigenvalue weighted by Gasteiger charge is 2.15. The molecule has 1 atom stereocenters. The van der Waals surface area contributed by atoms with Gasteiger partial charge in [0.15, 0.2) is 0 Å². The minimum Gasteiger partial charge on any atom is -0.376 e. The van der Waals surface area contributed by atoms with Crippen molar-refractivity contribution in [3.05, 3.63) is 41.9 Å². The fourth-order valence-electron chi connectivity index (χ4n) is 2.78. The summed E-state index contributed by atoms with van der Waals surface area (Å²) in [5.74, 6) is 1.61. The van der Waals surface area contributed by atoms with E-state index in [1.807, 2.05) is 44.6 Å². The quantitative estimate of drug-likeness (QED) is 0.843. The van der Waals surface area contributed by atoms with Crippen LogP contribution in [0.25, 0.3) is 0 Å². The number of aromatic nitrogens is 3. The maximum atomic E-state index is 5.65. The second-order valence-electron chi connectivity index (χ2n) is 6.24. The molecule has 6 nitrogen and oxygen atoms in total. The summed E-state index contributed by atoms with van der Waals surface area (Å²) in [4.78, 5) is 15.3. The predicted octanol–water partition coefficient (Wildman–Crippen LogP) is 2.45. The van der Waals surface area contributed by atoms with Gasteiger partial charge in [0, 0.05) is 50.9 Å². The lowest BCUT2D eigenvalue weighted by atomic mass is 10.2. The molecule has 0 aromatic carbocycles. The maximum Gasteiger partial charge on any atom is 0.227 e. The molecule has 24 heavy (non-hydrogen) atoms. The van der Waals surface area contributed by atoms with E-state index in [-0.39, 0.29) is 0 Å². The summed E-state index contributed by atoms with van der Waals surface area (Å²) in [5, 5.41) is 3.39. The van der Waals surface area contributed by atoms with Crippen LogP contribution in [0.5, 0.6) is 0 Å². The van der Waals surface area contributed by atoms with Gasteiger partial charge in [-0.1, -0.05) is 0 Å². The van der Waals surface area contributed by atoms with E-state index in [4.69, 9.17) is 4.74 Å². The molecule has 0 aliphatic carbocycles. The van der Waals surface area contributed by atoms with Gasteiger partial charge in [-0.2, -0.15) is 4.98 Å². The van der Waals surface area contributed by atoms with Crippen molar-refractivity contribution in [3.8, 4) is 0 Å². The smallest absolute Gasteiger partial charge is 0.227 e. The SMILES string of the molecule is Cc1cc(NCC2CCCO2)nc(N(C)CCc2ccncc2)n1. The van der Waals surface area contributed by atoms with E-state index in [1.54, 1.807) is 0 Å². The van der Waals surface area contributed by atoms with Crippen LogP contribution in [0.1, 0.15) is 24.1 Å². The molecule has 0 amide bonds. The molecule has 128 valence electrons. The number of aryl methyl sites for hydroxylation is 1. The van der Waals surface area contributed by atoms with Crippen LogP contribution < -0.4 is 10.2 Å². The molecule has 1 aliphatic rings. The van der Waals surface area contributed by atoms with Crippen LogP contribution in [0.2, 0.25) is 0 Å². The highest BCUT2D eigenvalue weighted by Crippen LogP contribution is 2.16. The van der Waals surface area contributed by atoms with Crippen LogP contribution in [0.4, 0.5) is 11.8 Å². The van der Waals surface area contributed by atoms with E-state index < -0.39 is 0 Å². The van der Waals surface area contributed by atoms with Crippen molar-refractivity contribution < 1.29 is 4.74 Å². The summed E-state index contributed by atoms with van der Waals surface area (Å²) < 4.78 is 5.65. The minimum absolute atomic E-state index is 0.299. The topological polar surface area (TPSA) is 63.2 Å². The average Bonchev–Trinajstić information content (AvgIpc) is 3.12. The highest BCUT2D eigenvalue weighted by molar-refractivity contribution is 5.43. The minimum atomic E-state index is 0.299. The number of rotatable bonds is 7. The fraction of sp³-hybridized carbons (Fsp3) is 0.500. The van der Waals surface area contributed by atoms with Crippen LogP contribution in [-0.2, 0) is 11.2 Å². The summed E-state index contributed by atoms with van der Waals surface area (Å²) >= 11 is 0. The lowest BCUT2D eigenvalue weighted by Gasteiger charge is -2.19. The molecule has 3 rings (SSSR count). The number of ether oxygens (including phenoxy) is 1. The first-order chi connectivity index (χ1) is 11.7. The Morgan fingerprint density at radius 1 is 1.29 bits per heavy atom. The predicted molar refractivity (Wildman–Crippen MR) is 95.4 cm³/mol. The van der Waals surface area contributed by atoms with Crippen LogP contribution in [0, 0.1) is 6.92 Å². The molecule has 3 heterocycles. The van der Waals surface area contributed by atoms with Crippen molar-refractivity contribution in [2.45, 2.75) is 32.3 Å². The van der Waals surface area contributed by atoms with Gasteiger partial charge < -0.3 is 15.0 Å². The Hall–Kier alpha value is -2.21. The van der Waals surface area contributed by atoms with Crippen LogP contribution in [0.3, 0.4) is 0 Å². The molecule has 0 bridgehead atoms. The molecule has 2 aromatic heterocycles. The fourth-order valence-corrected chi connectivity index (χ4v) is 2.78. The van der Waals surface area contributed by atoms with Gasteiger partial charge in [0.1, 0.15) is 5.82 Å². The zero-order valence-electron chi connectivity index (χ0n) is 14.4. The van der Waals surface area contributed by atoms with Crippen LogP contribution in [-0.4, -0.2) is 47.8 Å². The molecule has 1 unspecified atom stereocenters. The summed E-state index contributed by atoms with van der Waals surface area (Å²) in [6.45, 7) is 4.53. The Bertz CT molecular complexity index is 643. The van der Waals surface area contributed by atoms with E-state index in [0.717, 1.165) is 56.4 Å². The summed E-state index contributed by atoms with van der Waals surface area (Å²) in [7, 11) is 2.03. The van der Waals surface area contributed by atoms with E-state index in [2.05, 4.69) is 25.2 Å². The van der Waals surface area contributed by atoms with Gasteiger partial charge in [0.05, 0.1) is 6.10 Å². The van der Waals surface area contributed by atoms with E-state index >= 15 is 0 Å². The molecule has 1 aliphatic heterocycles. The number of likely N-dealkylation sites (N-methyl/N-ethyl adjacent to an activating group) is 1. The van der Waals surface area contributed by atoms with Gasteiger partial charge in [0.25, 0.3) is 0 Å². The summed E-state index contributed by atoms with van der Waals surface area (Å²) in [6, 6.07) is 6.06. The second-order valence-corrected chi connectivity index (χ2v) is 6.24. The highest BCUT2D eigenvalue weighted by atomic mass is 16.5. The first-order valence-corrected chi connectivity index (χ1v) is 8.52. The largest absolute Gasteiger partial charge is 0.376 e. The van der Waals surface area contributed by atoms with E-state index in [9.17, 15) is 0 Å². The van der Waals surface area contributed by atoms with Gasteiger partial charge in [0.2, 0.25) is 5.95 Å². The molecule has 0 spiro atoms. The normalized spacial score (nSPS) is 17.0. The zero-order valence-corrected chi connectivity index (χ0v) is 14.4. The van der Waals surface area contributed by atoms with Crippen LogP contribution >= 0.6 is 0 Å². The van der Waals surface area contributed by atoms with Crippen LogP contribution in [0.15, 0.2) is 30.6 Å². The molecular formula is C18H25N5O. The van der Waals surface area contributed by atoms with Crippen molar-refractivity contribution in [3.63, 3.8) is 0 Å². The number of nitrogens with zero attached hydrogens (tertiary/aromatic N) is 4. The Morgan fingerprint density at radius 3 is 2.88 bits per heavy atom. The van der Waals surface area contributed by atoms with Gasteiger partial charge in [-0.15, -0.1) is 0 Å². The van der Waals surface area contributed by atoms with Gasteiger partial charge in [-0.3, -0.25) is 4.98 Å². The molecule has 6 heteroatoms. The van der Waals surface area contributed by atoms with Gasteiger partial charge in [-0.05, 0) is 43.9 Å². The van der Waals surface area contributed by atoms with Crippen molar-refractivity contribution in [1.82, 2.24) is 15.0 Å². The molecule has 2 aromatic rings. The first kappa shape index (κ1) is 16.6. The monoisotopic (exact) mass is 327 g/mol. The molecular weight excluding hydrogens is 302 g/mol. The van der Waals surface area contributed by atoms with Gasteiger partial charge in [-0.25, -0.2) is 4.98 Å². The molecule has 1 N–H and O–H groups in total. The number of hydrogen-bond acceptors (Lipinski definition) is 6. The van der Waals surface area contributed by atoms with Gasteiger partial charge >= 0.3 is 0 Å².